The molecule has 88 valence electrons. The molecule has 3 nitrogen and oxygen atoms in total. The van der Waals surface area contributed by atoms with Gasteiger partial charge in [-0.2, -0.15) is 0 Å². The molecule has 0 spiro atoms. The molecule has 0 amide bonds. The van der Waals surface area contributed by atoms with Gasteiger partial charge in [-0.15, -0.1) is 0 Å². The van der Waals surface area contributed by atoms with Gasteiger partial charge in [-0.05, 0) is 28.9 Å². The quantitative estimate of drug-likeness (QED) is 0.805. The van der Waals surface area contributed by atoms with E-state index in [1.54, 1.807) is 6.92 Å². The first kappa shape index (κ1) is 13.0. The van der Waals surface area contributed by atoms with Crippen LogP contribution < -0.4 is 0 Å². The van der Waals surface area contributed by atoms with Gasteiger partial charge in [-0.1, -0.05) is 0 Å². The number of rotatable bonds is 3. The van der Waals surface area contributed by atoms with E-state index >= 15 is 0 Å². The van der Waals surface area contributed by atoms with Crippen LogP contribution in [0.1, 0.15) is 23.4 Å². The van der Waals surface area contributed by atoms with Gasteiger partial charge in [0, 0.05) is 15.7 Å². The number of ether oxygens (including phenoxy) is 1. The highest BCUT2D eigenvalue weighted by molar-refractivity contribution is 9.10. The third-order valence-electron chi connectivity index (χ3n) is 1.96. The fourth-order valence-electron chi connectivity index (χ4n) is 1.23. The van der Waals surface area contributed by atoms with Gasteiger partial charge < -0.3 is 4.74 Å². The molecule has 0 saturated heterocycles. The second kappa shape index (κ2) is 5.34. The third-order valence-corrected chi connectivity index (χ3v) is 2.87. The van der Waals surface area contributed by atoms with Gasteiger partial charge in [0.15, 0.2) is 0 Å². The molecular formula is C10H10BrF2NO2. The van der Waals surface area contributed by atoms with Crippen LogP contribution in [-0.2, 0) is 16.0 Å². The van der Waals surface area contributed by atoms with Gasteiger partial charge in [0.2, 0.25) is 0 Å². The first-order valence-electron chi connectivity index (χ1n) is 4.46. The molecule has 6 heteroatoms. The van der Waals surface area contributed by atoms with Crippen LogP contribution >= 0.6 is 15.9 Å². The van der Waals surface area contributed by atoms with Crippen LogP contribution in [0, 0.1) is 6.92 Å². The number of nitrogens with zero attached hydrogens (tertiary/aromatic N) is 1. The monoisotopic (exact) mass is 293 g/mol. The molecule has 1 aromatic rings. The van der Waals surface area contributed by atoms with Crippen molar-refractivity contribution in [3.05, 3.63) is 27.5 Å². The van der Waals surface area contributed by atoms with Crippen LogP contribution in [0.15, 0.2) is 10.5 Å². The lowest BCUT2D eigenvalue weighted by molar-refractivity contribution is -0.139. The van der Waals surface area contributed by atoms with Crippen LogP contribution in [-0.4, -0.2) is 18.1 Å². The maximum absolute atomic E-state index is 12.6. The minimum absolute atomic E-state index is 0.127. The summed E-state index contributed by atoms with van der Waals surface area (Å²) in [6.07, 6.45) is -2.73. The maximum atomic E-state index is 12.6. The fraction of sp³-hybridized carbons (Fsp3) is 0.400. The number of esters is 1. The molecule has 0 saturated carbocycles. The van der Waals surface area contributed by atoms with E-state index in [1.807, 2.05) is 0 Å². The van der Waals surface area contributed by atoms with Crippen LogP contribution in [0.2, 0.25) is 0 Å². The van der Waals surface area contributed by atoms with Gasteiger partial charge in [0.05, 0.1) is 19.2 Å². The SMILES string of the molecule is COC(=O)Cc1nc(C)cc(C(F)F)c1Br. The largest absolute Gasteiger partial charge is 0.469 e. The summed E-state index contributed by atoms with van der Waals surface area (Å²) in [5, 5.41) is 0. The van der Waals surface area contributed by atoms with Gasteiger partial charge in [0.25, 0.3) is 6.43 Å². The molecule has 0 aliphatic heterocycles. The highest BCUT2D eigenvalue weighted by Crippen LogP contribution is 2.30. The average Bonchev–Trinajstić information content (AvgIpc) is 2.22. The number of methoxy groups -OCH3 is 1. The summed E-state index contributed by atoms with van der Waals surface area (Å²) in [6, 6.07) is 1.29. The Bertz CT molecular complexity index is 410. The van der Waals surface area contributed by atoms with Crippen LogP contribution in [0.3, 0.4) is 0 Å². The number of alkyl halides is 2. The Morgan fingerprint density at radius 3 is 2.75 bits per heavy atom. The van der Waals surface area contributed by atoms with Gasteiger partial charge in [0.1, 0.15) is 0 Å². The summed E-state index contributed by atoms with van der Waals surface area (Å²) in [5.41, 5.74) is 0.547. The number of carbonyl (C=O) groups excluding carboxylic acids is 1. The van der Waals surface area contributed by atoms with E-state index < -0.39 is 12.4 Å². The van der Waals surface area contributed by atoms with Crippen LogP contribution in [0.5, 0.6) is 0 Å². The zero-order valence-corrected chi connectivity index (χ0v) is 10.3. The number of hydrogen-bond donors (Lipinski definition) is 0. The number of aromatic nitrogens is 1. The number of halogens is 3. The van der Waals surface area contributed by atoms with E-state index in [2.05, 4.69) is 25.7 Å². The normalized spacial score (nSPS) is 10.6. The predicted octanol–water partition coefficient (Wildman–Crippen LogP) is 2.81. The van der Waals surface area contributed by atoms with Gasteiger partial charge in [-0.3, -0.25) is 9.78 Å². The van der Waals surface area contributed by atoms with Crippen molar-refractivity contribution < 1.29 is 18.3 Å². The number of carbonyl (C=O) groups is 1. The summed E-state index contributed by atoms with van der Waals surface area (Å²) >= 11 is 3.02. The average molecular weight is 294 g/mol. The minimum atomic E-state index is -2.60. The molecule has 0 fully saturated rings. The Labute approximate surface area is 99.9 Å². The van der Waals surface area contributed by atoms with Crippen molar-refractivity contribution in [1.82, 2.24) is 4.98 Å². The highest BCUT2D eigenvalue weighted by atomic mass is 79.9. The van der Waals surface area contributed by atoms with E-state index in [-0.39, 0.29) is 22.2 Å². The topological polar surface area (TPSA) is 39.2 Å². The summed E-state index contributed by atoms with van der Waals surface area (Å²) in [6.45, 7) is 1.60. The molecule has 0 unspecified atom stereocenters. The van der Waals surface area contributed by atoms with Crippen molar-refractivity contribution in [2.45, 2.75) is 19.8 Å². The zero-order chi connectivity index (χ0) is 12.3. The summed E-state index contributed by atoms with van der Waals surface area (Å²) in [7, 11) is 1.24. The van der Waals surface area contributed by atoms with Crippen molar-refractivity contribution in [2.75, 3.05) is 7.11 Å². The standard InChI is InChI=1S/C10H10BrF2NO2/c1-5-3-6(10(12)13)9(11)7(14-5)4-8(15)16-2/h3,10H,4H2,1-2H3. The molecule has 0 bridgehead atoms. The first-order valence-corrected chi connectivity index (χ1v) is 5.26. The minimum Gasteiger partial charge on any atom is -0.469 e. The van der Waals surface area contributed by atoms with Gasteiger partial charge in [-0.25, -0.2) is 8.78 Å². The van der Waals surface area contributed by atoms with Gasteiger partial charge >= 0.3 is 5.97 Å². The molecule has 1 rings (SSSR count). The Balaban J connectivity index is 3.14. The molecule has 1 aromatic heterocycles. The van der Waals surface area contributed by atoms with E-state index in [4.69, 9.17) is 0 Å². The van der Waals surface area contributed by atoms with Crippen molar-refractivity contribution >= 4 is 21.9 Å². The maximum Gasteiger partial charge on any atom is 0.311 e. The smallest absolute Gasteiger partial charge is 0.311 e. The van der Waals surface area contributed by atoms with E-state index in [0.717, 1.165) is 0 Å². The van der Waals surface area contributed by atoms with E-state index in [9.17, 15) is 13.6 Å². The molecule has 0 radical (unpaired) electrons. The molecule has 0 N–H and O–H groups in total. The number of hydrogen-bond acceptors (Lipinski definition) is 3. The lowest BCUT2D eigenvalue weighted by Gasteiger charge is -2.09. The van der Waals surface area contributed by atoms with Crippen molar-refractivity contribution in [1.29, 1.82) is 0 Å². The predicted molar refractivity (Wildman–Crippen MR) is 57.4 cm³/mol. The lowest BCUT2D eigenvalue weighted by Crippen LogP contribution is -2.09. The Hall–Kier alpha value is -1.04. The summed E-state index contributed by atoms with van der Waals surface area (Å²) < 4.78 is 29.9. The second-order valence-corrected chi connectivity index (χ2v) is 3.96. The highest BCUT2D eigenvalue weighted by Gasteiger charge is 2.18. The van der Waals surface area contributed by atoms with Crippen LogP contribution in [0.25, 0.3) is 0 Å². The number of aryl methyl sites for hydroxylation is 1. The van der Waals surface area contributed by atoms with Crippen molar-refractivity contribution in [3.63, 3.8) is 0 Å². The molecule has 0 aromatic carbocycles. The molecular weight excluding hydrogens is 284 g/mol. The first-order chi connectivity index (χ1) is 7.45. The lowest BCUT2D eigenvalue weighted by atomic mass is 10.1. The Morgan fingerprint density at radius 1 is 1.62 bits per heavy atom. The zero-order valence-electron chi connectivity index (χ0n) is 8.76. The number of pyridine rings is 1. The van der Waals surface area contributed by atoms with Crippen molar-refractivity contribution in [2.24, 2.45) is 0 Å². The van der Waals surface area contributed by atoms with Crippen molar-refractivity contribution in [3.8, 4) is 0 Å². The van der Waals surface area contributed by atoms with E-state index in [1.165, 1.54) is 13.2 Å². The second-order valence-electron chi connectivity index (χ2n) is 3.17. The summed E-state index contributed by atoms with van der Waals surface area (Å²) in [5.74, 6) is -0.515. The molecule has 16 heavy (non-hydrogen) atoms. The third kappa shape index (κ3) is 2.98. The molecule has 0 aliphatic rings. The van der Waals surface area contributed by atoms with Crippen LogP contribution in [0.4, 0.5) is 8.78 Å². The fourth-order valence-corrected chi connectivity index (χ4v) is 1.75. The Morgan fingerprint density at radius 2 is 2.25 bits per heavy atom. The molecule has 0 atom stereocenters. The Kier molecular flexibility index (Phi) is 4.35. The molecule has 0 aliphatic carbocycles. The molecule has 1 heterocycles. The van der Waals surface area contributed by atoms with E-state index in [0.29, 0.717) is 5.69 Å². The summed E-state index contributed by atoms with van der Waals surface area (Å²) in [4.78, 5) is 15.1.